The largest absolute Gasteiger partial charge is 0.748 e. The van der Waals surface area contributed by atoms with E-state index in [9.17, 15) is 84.9 Å². The number of hydrogen-bond acceptors (Lipinski definition) is 22. The molecule has 0 aliphatic carbocycles. The monoisotopic (exact) mass is 1140 g/mol. The number of nitrogens with zero attached hydrogens (tertiary/aromatic N) is 1. The summed E-state index contributed by atoms with van der Waals surface area (Å²) in [5, 5.41) is 102. The van der Waals surface area contributed by atoms with Crippen LogP contribution < -0.4 is 16.0 Å². The smallest absolute Gasteiger partial charge is 0.501 e. The van der Waals surface area contributed by atoms with Crippen LogP contribution in [-0.2, 0) is 43.6 Å². The van der Waals surface area contributed by atoms with Gasteiger partial charge in [0.05, 0.1) is 137 Å². The van der Waals surface area contributed by atoms with Crippen LogP contribution in [0, 0.1) is 0 Å². The van der Waals surface area contributed by atoms with Gasteiger partial charge in [0.15, 0.2) is 0 Å². The highest BCUT2D eigenvalue weighted by molar-refractivity contribution is 7.86. The van der Waals surface area contributed by atoms with E-state index in [1.165, 1.54) is 77.0 Å². The summed E-state index contributed by atoms with van der Waals surface area (Å²) in [6.45, 7) is -6.30. The molecule has 3 unspecified atom stereocenters. The van der Waals surface area contributed by atoms with Gasteiger partial charge in [-0.25, -0.2) is 8.42 Å². The van der Waals surface area contributed by atoms with Crippen molar-refractivity contribution in [2.75, 3.05) is 124 Å². The van der Waals surface area contributed by atoms with E-state index in [2.05, 4.69) is 22.9 Å². The number of aliphatic hydroxyl groups excluding tert-OH is 9. The number of unbranched alkanes of at least 4 members (excludes halogenated alkanes) is 15. The van der Waals surface area contributed by atoms with Gasteiger partial charge in [0.1, 0.15) is 11.5 Å². The lowest BCUT2D eigenvalue weighted by Gasteiger charge is -2.41. The third-order valence-corrected chi connectivity index (χ3v) is 17.8. The molecule has 25 nitrogen and oxygen atoms in total. The Morgan fingerprint density at radius 2 is 0.753 bits per heavy atom. The van der Waals surface area contributed by atoms with E-state index >= 15 is 0 Å². The summed E-state index contributed by atoms with van der Waals surface area (Å²) < 4.78 is 118. The molecule has 0 aromatic carbocycles. The van der Waals surface area contributed by atoms with E-state index in [0.29, 0.717) is 11.0 Å². The van der Waals surface area contributed by atoms with E-state index in [4.69, 9.17) is 13.3 Å². The fourth-order valence-corrected chi connectivity index (χ4v) is 12.4. The second-order valence-corrected chi connectivity index (χ2v) is 27.6. The third kappa shape index (κ3) is 35.4. The Kier molecular flexibility index (Phi) is 36.9. The maximum atomic E-state index is 11.4. The van der Waals surface area contributed by atoms with Gasteiger partial charge in [-0.1, -0.05) is 96.8 Å². The standard InChI is InChI=1S/C44H96N4O21S3Si/c1-4-5-6-7-8-9-10-11-12-13-14-15-16-17-18-19-21-48(2,3)22-20-23-73(67-36-42(30-49,31-50)45-24-39(55)27-70(58,59)60,68-37-43(32-51,33-52)46-25-40(56)28-71(61,62)63)69-38-44(34-53,35-54)47-26-41(57)29-72(64,65)66/h39-41,45-47,49-57H,4-38H2,1-3H3,(H2-,58,59,60,61,62,63,64,65,66). The van der Waals surface area contributed by atoms with Crippen LogP contribution in [0.1, 0.15) is 116 Å². The molecule has 0 aliphatic rings. The van der Waals surface area contributed by atoms with Crippen molar-refractivity contribution in [1.82, 2.24) is 16.0 Å². The Hall–Kier alpha value is -0.693. The number of hydrogen-bond donors (Lipinski definition) is 14. The number of aliphatic hydroxyl groups is 9. The van der Waals surface area contributed by atoms with Crippen molar-refractivity contribution >= 4 is 39.2 Å². The summed E-state index contributed by atoms with van der Waals surface area (Å²) in [6.07, 6.45) is 14.5. The van der Waals surface area contributed by atoms with E-state index < -0.39 is 170 Å². The maximum Gasteiger partial charge on any atom is 0.501 e. The number of rotatable bonds is 51. The van der Waals surface area contributed by atoms with Gasteiger partial charge >= 0.3 is 8.80 Å². The van der Waals surface area contributed by atoms with Gasteiger partial charge in [-0.15, -0.1) is 0 Å². The lowest BCUT2D eigenvalue weighted by Crippen LogP contribution is -2.64. The summed E-state index contributed by atoms with van der Waals surface area (Å²) in [5.74, 6) is -3.45. The number of nitrogens with one attached hydrogen (secondary N) is 3. The van der Waals surface area contributed by atoms with Gasteiger partial charge in [0, 0.05) is 32.1 Å². The molecule has 0 saturated heterocycles. The first-order chi connectivity index (χ1) is 34.1. The minimum absolute atomic E-state index is 0.145. The van der Waals surface area contributed by atoms with Gasteiger partial charge in [0.2, 0.25) is 0 Å². The summed E-state index contributed by atoms with van der Waals surface area (Å²) in [4.78, 5) is 0. The molecule has 0 aliphatic heterocycles. The maximum absolute atomic E-state index is 11.4. The average Bonchev–Trinajstić information content (AvgIpc) is 3.30. The molecule has 0 amide bonds. The topological polar surface area (TPSA) is 412 Å². The first-order valence-electron chi connectivity index (χ1n) is 25.6. The Morgan fingerprint density at radius 1 is 0.479 bits per heavy atom. The van der Waals surface area contributed by atoms with Crippen LogP contribution in [0.4, 0.5) is 0 Å². The fourth-order valence-electron chi connectivity index (χ4n) is 7.82. The molecular formula is C44H96N4O21S3Si. The molecule has 0 saturated carbocycles. The summed E-state index contributed by atoms with van der Waals surface area (Å²) in [5.41, 5.74) is -5.74. The number of β-amino-alcohol motifs (C(OH)–C–C–N with tert-alkyl or cyclic N) is 3. The Bertz CT molecular complexity index is 1590. The molecule has 0 heterocycles. The van der Waals surface area contributed by atoms with E-state index in [-0.39, 0.29) is 12.5 Å². The molecule has 73 heavy (non-hydrogen) atoms. The van der Waals surface area contributed by atoms with Gasteiger partial charge in [0.25, 0.3) is 20.2 Å². The van der Waals surface area contributed by atoms with E-state index in [1.54, 1.807) is 0 Å². The molecule has 0 bridgehead atoms. The SMILES string of the molecule is CCCCCCCCCCCCCCCCCC[N+](C)(C)CCC[Si](OCC(CO)(CO)NCC(O)CS(=O)(=O)[O-])(OCC(CO)(CO)NCC(O)CS(=O)(=O)O)OCC(CO)(CO)NCC(O)CS(=O)(=O)O. The fraction of sp³-hybridized carbons (Fsp3) is 1.00. The molecule has 0 spiro atoms. The van der Waals surface area contributed by atoms with Gasteiger partial charge in [-0.05, 0) is 12.8 Å². The molecule has 0 fully saturated rings. The van der Waals surface area contributed by atoms with Crippen molar-refractivity contribution in [2.45, 2.75) is 157 Å². The Balaban J connectivity index is 6.61. The zero-order chi connectivity index (χ0) is 55.7. The van der Waals surface area contributed by atoms with Crippen molar-refractivity contribution in [2.24, 2.45) is 0 Å². The first-order valence-corrected chi connectivity index (χ1v) is 32.3. The molecule has 0 radical (unpaired) electrons. The molecular weight excluding hydrogens is 1040 g/mol. The van der Waals surface area contributed by atoms with Crippen LogP contribution in [0.3, 0.4) is 0 Å². The third-order valence-electron chi connectivity index (χ3n) is 12.7. The van der Waals surface area contributed by atoms with Gasteiger partial charge < -0.3 is 84.2 Å². The quantitative estimate of drug-likeness (QED) is 0.0136. The lowest BCUT2D eigenvalue weighted by atomic mass is 10.0. The number of quaternary nitrogens is 1. The van der Waals surface area contributed by atoms with Crippen molar-refractivity contribution in [3.63, 3.8) is 0 Å². The van der Waals surface area contributed by atoms with E-state index in [0.717, 1.165) is 32.2 Å². The molecule has 0 rings (SSSR count). The molecule has 0 aromatic heterocycles. The second-order valence-electron chi connectivity index (χ2n) is 20.5. The average molecular weight is 1140 g/mol. The highest BCUT2D eigenvalue weighted by Gasteiger charge is 2.49. The summed E-state index contributed by atoms with van der Waals surface area (Å²) >= 11 is 0. The summed E-state index contributed by atoms with van der Waals surface area (Å²) in [7, 11) is -14.8. The minimum atomic E-state index is -4.91. The van der Waals surface area contributed by atoms with Crippen LogP contribution >= 0.6 is 0 Å². The Morgan fingerprint density at radius 3 is 1.03 bits per heavy atom. The summed E-state index contributed by atoms with van der Waals surface area (Å²) in [6, 6.07) is -0.145. The van der Waals surface area contributed by atoms with Crippen molar-refractivity contribution < 1.29 is 103 Å². The minimum Gasteiger partial charge on any atom is -0.748 e. The van der Waals surface area contributed by atoms with Crippen LogP contribution in [0.5, 0.6) is 0 Å². The van der Waals surface area contributed by atoms with Gasteiger partial charge in [-0.3, -0.25) is 9.11 Å². The van der Waals surface area contributed by atoms with E-state index in [1.807, 2.05) is 14.1 Å². The zero-order valence-corrected chi connectivity index (χ0v) is 47.1. The van der Waals surface area contributed by atoms with Crippen molar-refractivity contribution in [3.8, 4) is 0 Å². The first kappa shape index (κ1) is 72.3. The van der Waals surface area contributed by atoms with Crippen molar-refractivity contribution in [1.29, 1.82) is 0 Å². The second kappa shape index (κ2) is 37.2. The highest BCUT2D eigenvalue weighted by atomic mass is 32.2. The highest BCUT2D eigenvalue weighted by Crippen LogP contribution is 2.26. The zero-order valence-electron chi connectivity index (χ0n) is 43.7. The molecule has 3 atom stereocenters. The van der Waals surface area contributed by atoms with Crippen LogP contribution in [-0.4, -0.2) is 257 Å². The molecule has 29 heteroatoms. The van der Waals surface area contributed by atoms with Gasteiger partial charge in [-0.2, -0.15) is 16.8 Å². The molecule has 0 aromatic rings. The van der Waals surface area contributed by atoms with Crippen LogP contribution in [0.15, 0.2) is 0 Å². The lowest BCUT2D eigenvalue weighted by molar-refractivity contribution is -0.890. The molecule has 14 N–H and O–H groups in total. The van der Waals surface area contributed by atoms with Crippen LogP contribution in [0.2, 0.25) is 6.04 Å². The van der Waals surface area contributed by atoms with Crippen molar-refractivity contribution in [3.05, 3.63) is 0 Å². The normalized spacial score (nSPS) is 15.7. The predicted molar refractivity (Wildman–Crippen MR) is 275 cm³/mol. The Labute approximate surface area is 436 Å². The predicted octanol–water partition coefficient (Wildman–Crippen LogP) is -1.95. The molecule has 440 valence electrons. The van der Waals surface area contributed by atoms with Crippen LogP contribution in [0.25, 0.3) is 0 Å².